The number of carbonyl (C=O) groups excluding carboxylic acids is 1. The first-order valence-corrected chi connectivity index (χ1v) is 5.94. The topological polar surface area (TPSA) is 53.0 Å². The summed E-state index contributed by atoms with van der Waals surface area (Å²) in [6.07, 6.45) is -0.725. The van der Waals surface area contributed by atoms with E-state index in [-0.39, 0.29) is 6.03 Å². The van der Waals surface area contributed by atoms with Crippen LogP contribution in [0.1, 0.15) is 11.7 Å². The maximum atomic E-state index is 11.7. The van der Waals surface area contributed by atoms with Gasteiger partial charge in [0.2, 0.25) is 0 Å². The van der Waals surface area contributed by atoms with Crippen LogP contribution in [-0.2, 0) is 0 Å². The number of aliphatic hydroxyl groups is 1. The largest absolute Gasteiger partial charge is 0.496 e. The number of hydrogen-bond donors (Lipinski definition) is 1. The lowest BCUT2D eigenvalue weighted by Crippen LogP contribution is -2.33. The quantitative estimate of drug-likeness (QED) is 0.870. The second kappa shape index (κ2) is 5.27. The van der Waals surface area contributed by atoms with E-state index in [2.05, 4.69) is 0 Å². The number of rotatable bonds is 4. The van der Waals surface area contributed by atoms with Gasteiger partial charge < -0.3 is 19.6 Å². The van der Waals surface area contributed by atoms with Crippen molar-refractivity contribution in [3.05, 3.63) is 29.8 Å². The zero-order chi connectivity index (χ0) is 13.1. The van der Waals surface area contributed by atoms with Crippen molar-refractivity contribution in [2.45, 2.75) is 6.10 Å². The number of nitrogens with zero attached hydrogens (tertiary/aromatic N) is 2. The molecule has 0 aliphatic carbocycles. The fourth-order valence-corrected chi connectivity index (χ4v) is 2.12. The van der Waals surface area contributed by atoms with Crippen LogP contribution < -0.4 is 4.74 Å². The number of amides is 2. The van der Waals surface area contributed by atoms with E-state index >= 15 is 0 Å². The number of methoxy groups -OCH3 is 1. The minimum absolute atomic E-state index is 0.0380. The molecule has 1 aliphatic rings. The molecule has 1 aromatic carbocycles. The highest BCUT2D eigenvalue weighted by Gasteiger charge is 2.28. The molecule has 2 rings (SSSR count). The number of urea groups is 1. The van der Waals surface area contributed by atoms with Crippen LogP contribution in [0, 0.1) is 0 Å². The molecule has 5 nitrogen and oxygen atoms in total. The molecule has 1 heterocycles. The number of carbonyl (C=O) groups is 1. The second-order valence-corrected chi connectivity index (χ2v) is 4.41. The zero-order valence-electron chi connectivity index (χ0n) is 10.7. The Morgan fingerprint density at radius 3 is 2.72 bits per heavy atom. The molecule has 5 heteroatoms. The SMILES string of the molecule is COc1ccccc1C(O)CN1CCN(C)C1=O. The van der Waals surface area contributed by atoms with Crippen molar-refractivity contribution in [1.29, 1.82) is 0 Å². The van der Waals surface area contributed by atoms with Gasteiger partial charge in [-0.25, -0.2) is 4.79 Å². The van der Waals surface area contributed by atoms with Crippen LogP contribution in [0.15, 0.2) is 24.3 Å². The van der Waals surface area contributed by atoms with E-state index in [0.29, 0.717) is 30.9 Å². The van der Waals surface area contributed by atoms with Gasteiger partial charge >= 0.3 is 6.03 Å². The summed E-state index contributed by atoms with van der Waals surface area (Å²) in [7, 11) is 3.33. The first-order valence-electron chi connectivity index (χ1n) is 5.94. The Morgan fingerprint density at radius 2 is 2.11 bits per heavy atom. The summed E-state index contributed by atoms with van der Waals surface area (Å²) in [4.78, 5) is 15.0. The van der Waals surface area contributed by atoms with Crippen LogP contribution in [0.25, 0.3) is 0 Å². The Labute approximate surface area is 107 Å². The number of β-amino-alcohol motifs (C(OH)–C–C–N with tert-alkyl or cyclic N) is 1. The van der Waals surface area contributed by atoms with Gasteiger partial charge in [-0.2, -0.15) is 0 Å². The molecule has 18 heavy (non-hydrogen) atoms. The van der Waals surface area contributed by atoms with Gasteiger partial charge in [0.1, 0.15) is 11.9 Å². The Balaban J connectivity index is 2.08. The lowest BCUT2D eigenvalue weighted by Gasteiger charge is -2.21. The minimum atomic E-state index is -0.725. The van der Waals surface area contributed by atoms with E-state index < -0.39 is 6.10 Å². The molecule has 1 aromatic rings. The smallest absolute Gasteiger partial charge is 0.319 e. The number of ether oxygens (including phenoxy) is 1. The maximum Gasteiger partial charge on any atom is 0.319 e. The van der Waals surface area contributed by atoms with E-state index in [9.17, 15) is 9.90 Å². The molecule has 0 radical (unpaired) electrons. The number of benzene rings is 1. The maximum absolute atomic E-state index is 11.7. The Bertz CT molecular complexity index is 436. The van der Waals surface area contributed by atoms with Crippen LogP contribution in [0.5, 0.6) is 5.75 Å². The molecule has 1 atom stereocenters. The average molecular weight is 250 g/mol. The van der Waals surface area contributed by atoms with E-state index in [0.717, 1.165) is 0 Å². The molecule has 1 fully saturated rings. The van der Waals surface area contributed by atoms with Crippen molar-refractivity contribution < 1.29 is 14.6 Å². The summed E-state index contributed by atoms with van der Waals surface area (Å²) < 4.78 is 5.21. The van der Waals surface area contributed by atoms with Gasteiger partial charge in [-0.05, 0) is 6.07 Å². The number of likely N-dealkylation sites (N-methyl/N-ethyl adjacent to an activating group) is 1. The zero-order valence-corrected chi connectivity index (χ0v) is 10.7. The monoisotopic (exact) mass is 250 g/mol. The third kappa shape index (κ3) is 2.41. The van der Waals surface area contributed by atoms with Crippen molar-refractivity contribution in [1.82, 2.24) is 9.80 Å². The minimum Gasteiger partial charge on any atom is -0.496 e. The summed E-state index contributed by atoms with van der Waals surface area (Å²) in [5.41, 5.74) is 0.711. The molecule has 1 saturated heterocycles. The lowest BCUT2D eigenvalue weighted by molar-refractivity contribution is 0.126. The van der Waals surface area contributed by atoms with E-state index in [1.54, 1.807) is 30.0 Å². The van der Waals surface area contributed by atoms with Crippen molar-refractivity contribution in [2.75, 3.05) is 33.8 Å². The molecule has 0 aromatic heterocycles. The average Bonchev–Trinajstić information content (AvgIpc) is 2.70. The summed E-state index contributed by atoms with van der Waals surface area (Å²) in [6.45, 7) is 1.66. The van der Waals surface area contributed by atoms with Crippen LogP contribution >= 0.6 is 0 Å². The van der Waals surface area contributed by atoms with Gasteiger partial charge in [0.25, 0.3) is 0 Å². The molecule has 1 N–H and O–H groups in total. The standard InChI is InChI=1S/C13H18N2O3/c1-14-7-8-15(13(14)17)9-11(16)10-5-3-4-6-12(10)18-2/h3-6,11,16H,7-9H2,1-2H3. The summed E-state index contributed by atoms with van der Waals surface area (Å²) in [6, 6.07) is 7.27. The van der Waals surface area contributed by atoms with Crippen molar-refractivity contribution in [3.8, 4) is 5.75 Å². The highest BCUT2D eigenvalue weighted by atomic mass is 16.5. The molecule has 2 amide bonds. The molecule has 0 spiro atoms. The Hall–Kier alpha value is -1.75. The van der Waals surface area contributed by atoms with E-state index in [4.69, 9.17) is 4.74 Å². The van der Waals surface area contributed by atoms with Crippen molar-refractivity contribution >= 4 is 6.03 Å². The van der Waals surface area contributed by atoms with Gasteiger partial charge in [0.05, 0.1) is 13.7 Å². The Morgan fingerprint density at radius 1 is 1.39 bits per heavy atom. The molecule has 0 saturated carbocycles. The van der Waals surface area contributed by atoms with Crippen LogP contribution in [0.3, 0.4) is 0 Å². The summed E-state index contributed by atoms with van der Waals surface area (Å²) >= 11 is 0. The molecule has 1 aliphatic heterocycles. The predicted molar refractivity (Wildman–Crippen MR) is 67.6 cm³/mol. The van der Waals surface area contributed by atoms with E-state index in [1.807, 2.05) is 18.2 Å². The number of hydrogen-bond acceptors (Lipinski definition) is 3. The van der Waals surface area contributed by atoms with Crippen molar-refractivity contribution in [3.63, 3.8) is 0 Å². The summed E-state index contributed by atoms with van der Waals surface area (Å²) in [5, 5.41) is 10.2. The second-order valence-electron chi connectivity index (χ2n) is 4.41. The van der Waals surface area contributed by atoms with Crippen molar-refractivity contribution in [2.24, 2.45) is 0 Å². The molecular formula is C13H18N2O3. The van der Waals surface area contributed by atoms with Gasteiger partial charge in [-0.3, -0.25) is 0 Å². The summed E-state index contributed by atoms with van der Waals surface area (Å²) in [5.74, 6) is 0.644. The molecule has 0 bridgehead atoms. The third-order valence-electron chi connectivity index (χ3n) is 3.19. The molecular weight excluding hydrogens is 232 g/mol. The Kier molecular flexibility index (Phi) is 3.72. The first kappa shape index (κ1) is 12.7. The van der Waals surface area contributed by atoms with Gasteiger partial charge in [0.15, 0.2) is 0 Å². The van der Waals surface area contributed by atoms with Crippen LogP contribution in [0.4, 0.5) is 4.79 Å². The fraction of sp³-hybridized carbons (Fsp3) is 0.462. The van der Waals surface area contributed by atoms with Crippen LogP contribution in [0.2, 0.25) is 0 Å². The van der Waals surface area contributed by atoms with Gasteiger partial charge in [0, 0.05) is 25.7 Å². The lowest BCUT2D eigenvalue weighted by atomic mass is 10.1. The van der Waals surface area contributed by atoms with Crippen LogP contribution in [-0.4, -0.2) is 54.7 Å². The number of aliphatic hydroxyl groups excluding tert-OH is 1. The third-order valence-corrected chi connectivity index (χ3v) is 3.19. The fourth-order valence-electron chi connectivity index (χ4n) is 2.12. The highest BCUT2D eigenvalue weighted by molar-refractivity contribution is 5.76. The van der Waals surface area contributed by atoms with E-state index in [1.165, 1.54) is 0 Å². The highest BCUT2D eigenvalue weighted by Crippen LogP contribution is 2.26. The molecule has 1 unspecified atom stereocenters. The molecule has 98 valence electrons. The van der Waals surface area contributed by atoms with Gasteiger partial charge in [-0.1, -0.05) is 18.2 Å². The normalized spacial score (nSPS) is 17.2. The van der Waals surface area contributed by atoms with Gasteiger partial charge in [-0.15, -0.1) is 0 Å². The first-order chi connectivity index (χ1) is 8.63. The predicted octanol–water partition coefficient (Wildman–Crippen LogP) is 1.10. The number of para-hydroxylation sites is 1.